The van der Waals surface area contributed by atoms with Gasteiger partial charge in [-0.3, -0.25) is 0 Å². The van der Waals surface area contributed by atoms with Gasteiger partial charge in [-0.15, -0.1) is 0 Å². The Labute approximate surface area is 161 Å². The SMILES string of the molecule is Cc1cccc([C@]2(C[Se]c3ccccc3)CC(c3ccccc3)=NO2)c1. The van der Waals surface area contributed by atoms with Crippen LogP contribution in [-0.4, -0.2) is 20.7 Å². The summed E-state index contributed by atoms with van der Waals surface area (Å²) in [5.41, 5.74) is 4.30. The number of rotatable bonds is 5. The van der Waals surface area contributed by atoms with Crippen LogP contribution in [0.2, 0.25) is 5.32 Å². The van der Waals surface area contributed by atoms with Crippen molar-refractivity contribution >= 4 is 25.1 Å². The molecule has 3 aromatic rings. The molecule has 0 spiro atoms. The molecule has 0 saturated carbocycles. The van der Waals surface area contributed by atoms with Crippen LogP contribution >= 0.6 is 0 Å². The van der Waals surface area contributed by atoms with Crippen molar-refractivity contribution in [1.82, 2.24) is 0 Å². The van der Waals surface area contributed by atoms with Crippen molar-refractivity contribution in [1.29, 1.82) is 0 Å². The Morgan fingerprint density at radius 2 is 1.65 bits per heavy atom. The summed E-state index contributed by atoms with van der Waals surface area (Å²) in [6.07, 6.45) is 0.815. The Hall–Kier alpha value is -2.35. The first-order valence-electron chi connectivity index (χ1n) is 8.81. The zero-order chi connectivity index (χ0) is 17.8. The number of oxime groups is 1. The first kappa shape index (κ1) is 17.1. The van der Waals surface area contributed by atoms with Crippen molar-refractivity contribution in [3.05, 3.63) is 102 Å². The summed E-state index contributed by atoms with van der Waals surface area (Å²) in [5, 5.41) is 5.47. The van der Waals surface area contributed by atoms with Gasteiger partial charge in [0.15, 0.2) is 0 Å². The molecule has 0 fully saturated rings. The molecule has 0 amide bonds. The van der Waals surface area contributed by atoms with E-state index in [2.05, 4.69) is 90.9 Å². The van der Waals surface area contributed by atoms with E-state index in [0.29, 0.717) is 15.0 Å². The van der Waals surface area contributed by atoms with E-state index >= 15 is 0 Å². The third kappa shape index (κ3) is 3.60. The third-order valence-corrected chi connectivity index (χ3v) is 7.20. The van der Waals surface area contributed by atoms with Gasteiger partial charge in [0.25, 0.3) is 0 Å². The molecule has 0 saturated heterocycles. The van der Waals surface area contributed by atoms with Crippen LogP contribution in [0.15, 0.2) is 90.1 Å². The summed E-state index contributed by atoms with van der Waals surface area (Å²) in [4.78, 5) is 6.17. The second-order valence-corrected chi connectivity index (χ2v) is 8.84. The number of aryl methyl sites for hydroxylation is 1. The fourth-order valence-electron chi connectivity index (χ4n) is 3.22. The van der Waals surface area contributed by atoms with E-state index in [0.717, 1.165) is 23.0 Å². The Morgan fingerprint density at radius 1 is 0.923 bits per heavy atom. The topological polar surface area (TPSA) is 21.6 Å². The standard InChI is InChI=1S/C23H21NOSe/c1-18-9-8-12-20(15-18)23(17-26-21-13-6-3-7-14-21)16-22(24-25-23)19-10-4-2-5-11-19/h2-15H,16-17H2,1H3/t23-/m1/s1. The Morgan fingerprint density at radius 3 is 2.38 bits per heavy atom. The van der Waals surface area contributed by atoms with E-state index in [-0.39, 0.29) is 5.60 Å². The second kappa shape index (κ2) is 7.49. The van der Waals surface area contributed by atoms with Gasteiger partial charge in [0.05, 0.1) is 0 Å². The molecule has 130 valence electrons. The van der Waals surface area contributed by atoms with Crippen molar-refractivity contribution in [2.75, 3.05) is 0 Å². The molecule has 1 atom stereocenters. The van der Waals surface area contributed by atoms with Crippen molar-refractivity contribution < 1.29 is 4.84 Å². The van der Waals surface area contributed by atoms with E-state index < -0.39 is 0 Å². The molecule has 0 radical (unpaired) electrons. The summed E-state index contributed by atoms with van der Waals surface area (Å²) < 4.78 is 1.39. The molecule has 1 aliphatic rings. The molecule has 2 nitrogen and oxygen atoms in total. The summed E-state index contributed by atoms with van der Waals surface area (Å²) in [6.45, 7) is 2.13. The van der Waals surface area contributed by atoms with Crippen LogP contribution in [0.1, 0.15) is 23.1 Å². The van der Waals surface area contributed by atoms with Gasteiger partial charge in [-0.1, -0.05) is 0 Å². The number of hydrogen-bond donors (Lipinski definition) is 0. The van der Waals surface area contributed by atoms with Crippen LogP contribution in [0.25, 0.3) is 0 Å². The molecule has 0 N–H and O–H groups in total. The van der Waals surface area contributed by atoms with E-state index in [1.807, 2.05) is 6.07 Å². The first-order valence-corrected chi connectivity index (χ1v) is 10.9. The van der Waals surface area contributed by atoms with Gasteiger partial charge in [-0.25, -0.2) is 0 Å². The monoisotopic (exact) mass is 407 g/mol. The minimum absolute atomic E-state index is 0.326. The molecule has 0 unspecified atom stereocenters. The number of nitrogens with zero attached hydrogens (tertiary/aromatic N) is 1. The van der Waals surface area contributed by atoms with Crippen LogP contribution in [-0.2, 0) is 10.4 Å². The first-order chi connectivity index (χ1) is 12.8. The number of hydrogen-bond acceptors (Lipinski definition) is 2. The maximum atomic E-state index is 6.17. The molecule has 3 heteroatoms. The Kier molecular flexibility index (Phi) is 4.92. The van der Waals surface area contributed by atoms with Crippen LogP contribution in [0.4, 0.5) is 0 Å². The van der Waals surface area contributed by atoms with Crippen molar-refractivity contribution in [3.63, 3.8) is 0 Å². The molecular formula is C23H21NOSe. The molecule has 1 aliphatic heterocycles. The summed E-state index contributed by atoms with van der Waals surface area (Å²) in [5.74, 6) is 0. The molecule has 0 aromatic heterocycles. The van der Waals surface area contributed by atoms with Gasteiger partial charge in [-0.2, -0.15) is 0 Å². The maximum absolute atomic E-state index is 6.17. The molecule has 26 heavy (non-hydrogen) atoms. The molecular weight excluding hydrogens is 385 g/mol. The Balaban J connectivity index is 1.63. The molecule has 3 aromatic carbocycles. The van der Waals surface area contributed by atoms with Crippen LogP contribution < -0.4 is 4.46 Å². The third-order valence-electron chi connectivity index (χ3n) is 4.65. The van der Waals surface area contributed by atoms with E-state index in [1.54, 1.807) is 0 Å². The fourth-order valence-corrected chi connectivity index (χ4v) is 5.47. The quantitative estimate of drug-likeness (QED) is 0.574. The van der Waals surface area contributed by atoms with Gasteiger partial charge >= 0.3 is 161 Å². The Bertz CT molecular complexity index is 908. The fraction of sp³-hybridized carbons (Fsp3) is 0.174. The average Bonchev–Trinajstić information content (AvgIpc) is 3.14. The normalized spacial score (nSPS) is 19.0. The zero-order valence-corrected chi connectivity index (χ0v) is 16.5. The molecule has 1 heterocycles. The average molecular weight is 406 g/mol. The van der Waals surface area contributed by atoms with Gasteiger partial charge < -0.3 is 0 Å². The van der Waals surface area contributed by atoms with Crippen LogP contribution in [0.5, 0.6) is 0 Å². The van der Waals surface area contributed by atoms with E-state index in [1.165, 1.54) is 15.6 Å². The zero-order valence-electron chi connectivity index (χ0n) is 14.8. The van der Waals surface area contributed by atoms with Gasteiger partial charge in [0.1, 0.15) is 0 Å². The molecule has 0 aliphatic carbocycles. The van der Waals surface area contributed by atoms with Crippen molar-refractivity contribution in [3.8, 4) is 0 Å². The van der Waals surface area contributed by atoms with Crippen molar-refractivity contribution in [2.45, 2.75) is 24.3 Å². The van der Waals surface area contributed by atoms with Gasteiger partial charge in [-0.05, 0) is 0 Å². The predicted octanol–water partition coefficient (Wildman–Crippen LogP) is 4.46. The second-order valence-electron chi connectivity index (χ2n) is 6.64. The summed E-state index contributed by atoms with van der Waals surface area (Å²) >= 11 is 0.326. The van der Waals surface area contributed by atoms with Crippen LogP contribution in [0, 0.1) is 6.92 Å². The van der Waals surface area contributed by atoms with Crippen LogP contribution in [0.3, 0.4) is 0 Å². The van der Waals surface area contributed by atoms with E-state index in [4.69, 9.17) is 4.84 Å². The van der Waals surface area contributed by atoms with Gasteiger partial charge in [0.2, 0.25) is 0 Å². The van der Waals surface area contributed by atoms with Crippen molar-refractivity contribution in [2.24, 2.45) is 5.16 Å². The predicted molar refractivity (Wildman–Crippen MR) is 108 cm³/mol. The summed E-state index contributed by atoms with van der Waals surface area (Å²) in [7, 11) is 0. The molecule has 0 bridgehead atoms. The minimum atomic E-state index is -0.368. The van der Waals surface area contributed by atoms with Gasteiger partial charge in [0, 0.05) is 0 Å². The number of benzene rings is 3. The molecule has 4 rings (SSSR count). The van der Waals surface area contributed by atoms with E-state index in [9.17, 15) is 0 Å². The summed E-state index contributed by atoms with van der Waals surface area (Å²) in [6, 6.07) is 29.7.